The van der Waals surface area contributed by atoms with Crippen molar-refractivity contribution >= 4 is 17.6 Å². The highest BCUT2D eigenvalue weighted by Crippen LogP contribution is 2.43. The molecule has 1 unspecified atom stereocenters. The van der Waals surface area contributed by atoms with Crippen molar-refractivity contribution in [2.24, 2.45) is 5.92 Å². The summed E-state index contributed by atoms with van der Waals surface area (Å²) in [5.41, 5.74) is 4.58. The standard InChI is InChI=1S/C31H35N5O3/c1-20(37)21-6-8-25(9-7-21)33-31(38)39-19-26-16-24-12-15-36(26)18-27(24)29-17-28(22-4-2-3-5-22)34-30(35-29)23-10-13-32-14-11-23/h6-11,13-14,17,22,24,26-27H,2-5,12,15-16,18-19H2,1H3,(H,33,38)/t24-,26+,27-/m0/s1. The summed E-state index contributed by atoms with van der Waals surface area (Å²) in [5, 5.41) is 2.77. The van der Waals surface area contributed by atoms with Crippen LogP contribution in [0.25, 0.3) is 11.4 Å². The molecule has 39 heavy (non-hydrogen) atoms. The molecule has 4 fully saturated rings. The number of aromatic nitrogens is 3. The number of ether oxygens (including phenoxy) is 1. The van der Waals surface area contributed by atoms with E-state index >= 15 is 0 Å². The van der Waals surface area contributed by atoms with Crippen LogP contribution in [-0.2, 0) is 4.74 Å². The van der Waals surface area contributed by atoms with Crippen molar-refractivity contribution in [1.29, 1.82) is 0 Å². The van der Waals surface area contributed by atoms with Gasteiger partial charge < -0.3 is 4.74 Å². The van der Waals surface area contributed by atoms with Crippen molar-refractivity contribution in [3.63, 3.8) is 0 Å². The molecule has 1 N–H and O–H groups in total. The van der Waals surface area contributed by atoms with Gasteiger partial charge in [0.2, 0.25) is 0 Å². The van der Waals surface area contributed by atoms with Gasteiger partial charge in [0, 0.05) is 65.0 Å². The number of anilines is 1. The molecule has 3 aliphatic heterocycles. The molecule has 8 heteroatoms. The van der Waals surface area contributed by atoms with E-state index in [0.717, 1.165) is 43.0 Å². The van der Waals surface area contributed by atoms with E-state index in [1.54, 1.807) is 36.7 Å². The first-order valence-corrected chi connectivity index (χ1v) is 14.1. The molecule has 0 radical (unpaired) electrons. The van der Waals surface area contributed by atoms with Gasteiger partial charge >= 0.3 is 6.09 Å². The highest BCUT2D eigenvalue weighted by atomic mass is 16.5. The number of fused-ring (bicyclic) bond motifs is 3. The van der Waals surface area contributed by atoms with E-state index in [1.165, 1.54) is 38.3 Å². The molecular weight excluding hydrogens is 490 g/mol. The van der Waals surface area contributed by atoms with E-state index < -0.39 is 6.09 Å². The summed E-state index contributed by atoms with van der Waals surface area (Å²) in [4.78, 5) is 40.7. The van der Waals surface area contributed by atoms with Crippen LogP contribution in [0.4, 0.5) is 10.5 Å². The zero-order chi connectivity index (χ0) is 26.8. The Balaban J connectivity index is 1.12. The number of amides is 1. The molecule has 1 amide bonds. The van der Waals surface area contributed by atoms with Gasteiger partial charge in [0.05, 0.1) is 0 Å². The lowest BCUT2D eigenvalue weighted by atomic mass is 9.74. The van der Waals surface area contributed by atoms with E-state index in [1.807, 2.05) is 12.1 Å². The number of ketones is 1. The van der Waals surface area contributed by atoms with Gasteiger partial charge in [0.15, 0.2) is 11.6 Å². The van der Waals surface area contributed by atoms with Crippen LogP contribution in [-0.4, -0.2) is 57.5 Å². The largest absolute Gasteiger partial charge is 0.448 e. The van der Waals surface area contributed by atoms with Crippen LogP contribution in [0.5, 0.6) is 0 Å². The predicted molar refractivity (Wildman–Crippen MR) is 149 cm³/mol. The summed E-state index contributed by atoms with van der Waals surface area (Å²) in [6, 6.07) is 13.3. The predicted octanol–water partition coefficient (Wildman–Crippen LogP) is 5.83. The van der Waals surface area contributed by atoms with Crippen molar-refractivity contribution in [3.8, 4) is 11.4 Å². The van der Waals surface area contributed by atoms with Crippen molar-refractivity contribution in [1.82, 2.24) is 19.9 Å². The number of pyridine rings is 1. The lowest BCUT2D eigenvalue weighted by Gasteiger charge is -2.49. The van der Waals surface area contributed by atoms with Gasteiger partial charge in [0.1, 0.15) is 6.61 Å². The number of benzene rings is 1. The molecule has 3 aromatic rings. The number of nitrogens with zero attached hydrogens (tertiary/aromatic N) is 4. The summed E-state index contributed by atoms with van der Waals surface area (Å²) in [6.07, 6.45) is 10.2. The normalized spacial score (nSPS) is 24.4. The van der Waals surface area contributed by atoms with E-state index in [-0.39, 0.29) is 11.8 Å². The third kappa shape index (κ3) is 5.71. The second kappa shape index (κ2) is 11.2. The maximum Gasteiger partial charge on any atom is 0.411 e. The van der Waals surface area contributed by atoms with Crippen LogP contribution >= 0.6 is 0 Å². The minimum Gasteiger partial charge on any atom is -0.448 e. The number of carbonyl (C=O) groups excluding carboxylic acids is 2. The summed E-state index contributed by atoms with van der Waals surface area (Å²) < 4.78 is 5.63. The summed E-state index contributed by atoms with van der Waals surface area (Å²) >= 11 is 0. The van der Waals surface area contributed by atoms with Gasteiger partial charge in [-0.15, -0.1) is 0 Å². The third-order valence-corrected chi connectivity index (χ3v) is 8.68. The van der Waals surface area contributed by atoms with Crippen LogP contribution in [0.2, 0.25) is 0 Å². The maximum atomic E-state index is 12.5. The zero-order valence-corrected chi connectivity index (χ0v) is 22.4. The zero-order valence-electron chi connectivity index (χ0n) is 22.4. The fourth-order valence-corrected chi connectivity index (χ4v) is 6.50. The van der Waals surface area contributed by atoms with Gasteiger partial charge in [-0.05, 0) is 87.5 Å². The van der Waals surface area contributed by atoms with E-state index in [4.69, 9.17) is 14.7 Å². The summed E-state index contributed by atoms with van der Waals surface area (Å²) in [7, 11) is 0. The smallest absolute Gasteiger partial charge is 0.411 e. The molecule has 5 heterocycles. The molecule has 2 aromatic heterocycles. The fraction of sp³-hybridized carbons (Fsp3) is 0.452. The Bertz CT molecular complexity index is 1320. The summed E-state index contributed by atoms with van der Waals surface area (Å²) in [6.45, 7) is 3.82. The molecule has 1 saturated carbocycles. The van der Waals surface area contributed by atoms with E-state index in [9.17, 15) is 9.59 Å². The Labute approximate surface area is 229 Å². The molecular formula is C31H35N5O3. The van der Waals surface area contributed by atoms with Crippen LogP contribution in [0.3, 0.4) is 0 Å². The van der Waals surface area contributed by atoms with Crippen molar-refractivity contribution < 1.29 is 14.3 Å². The molecule has 1 aliphatic carbocycles. The number of hydrogen-bond donors (Lipinski definition) is 1. The molecule has 1 aromatic carbocycles. The number of piperidine rings is 3. The molecule has 3 saturated heterocycles. The topological polar surface area (TPSA) is 97.3 Å². The van der Waals surface area contributed by atoms with Gasteiger partial charge in [-0.3, -0.25) is 20.0 Å². The van der Waals surface area contributed by atoms with E-state index in [2.05, 4.69) is 21.3 Å². The SMILES string of the molecule is CC(=O)c1ccc(NC(=O)OC[C@H]2C[C@@H]3CCN2C[C@@H]3c2cc(C3CCCC3)nc(-c3ccncc3)n2)cc1. The molecule has 4 aliphatic rings. The molecule has 202 valence electrons. The minimum absolute atomic E-state index is 0.00542. The van der Waals surface area contributed by atoms with Crippen molar-refractivity contribution in [2.75, 3.05) is 25.0 Å². The average Bonchev–Trinajstić information content (AvgIpc) is 3.52. The Morgan fingerprint density at radius 3 is 2.44 bits per heavy atom. The van der Waals surface area contributed by atoms with Crippen LogP contribution < -0.4 is 5.32 Å². The second-order valence-corrected chi connectivity index (χ2v) is 11.2. The van der Waals surface area contributed by atoms with Gasteiger partial charge in [-0.25, -0.2) is 14.8 Å². The third-order valence-electron chi connectivity index (χ3n) is 8.68. The number of rotatable bonds is 7. The Kier molecular flexibility index (Phi) is 7.37. The Morgan fingerprint density at radius 1 is 1.00 bits per heavy atom. The van der Waals surface area contributed by atoms with E-state index in [0.29, 0.717) is 35.6 Å². The first-order chi connectivity index (χ1) is 19.0. The Morgan fingerprint density at radius 2 is 1.74 bits per heavy atom. The number of carbonyl (C=O) groups is 2. The molecule has 7 rings (SSSR count). The number of hydrogen-bond acceptors (Lipinski definition) is 7. The number of nitrogens with one attached hydrogen (secondary N) is 1. The molecule has 4 atom stereocenters. The highest BCUT2D eigenvalue weighted by Gasteiger charge is 2.42. The van der Waals surface area contributed by atoms with Gasteiger partial charge in [0.25, 0.3) is 0 Å². The second-order valence-electron chi connectivity index (χ2n) is 11.2. The average molecular weight is 526 g/mol. The van der Waals surface area contributed by atoms with Crippen molar-refractivity contribution in [3.05, 3.63) is 71.8 Å². The highest BCUT2D eigenvalue weighted by molar-refractivity contribution is 5.94. The molecule has 2 bridgehead atoms. The Hall–Kier alpha value is -3.65. The fourth-order valence-electron chi connectivity index (χ4n) is 6.50. The molecule has 8 nitrogen and oxygen atoms in total. The van der Waals surface area contributed by atoms with Crippen LogP contribution in [0.15, 0.2) is 54.9 Å². The first kappa shape index (κ1) is 25.6. The lowest BCUT2D eigenvalue weighted by molar-refractivity contribution is -0.00149. The minimum atomic E-state index is -0.469. The summed E-state index contributed by atoms with van der Waals surface area (Å²) in [5.74, 6) is 2.18. The first-order valence-electron chi connectivity index (χ1n) is 14.1. The van der Waals surface area contributed by atoms with Crippen LogP contribution in [0, 0.1) is 5.92 Å². The monoisotopic (exact) mass is 525 g/mol. The maximum absolute atomic E-state index is 12.5. The lowest BCUT2D eigenvalue weighted by Crippen LogP contribution is -2.54. The molecule has 0 spiro atoms. The van der Waals surface area contributed by atoms with Gasteiger partial charge in [-0.1, -0.05) is 12.8 Å². The number of Topliss-reactive ketones (excluding diaryl/α,β-unsaturated/α-hetero) is 1. The van der Waals surface area contributed by atoms with Crippen molar-refractivity contribution in [2.45, 2.75) is 63.3 Å². The van der Waals surface area contributed by atoms with Crippen LogP contribution in [0.1, 0.15) is 79.0 Å². The quantitative estimate of drug-likeness (QED) is 0.388. The van der Waals surface area contributed by atoms with Gasteiger partial charge in [-0.2, -0.15) is 0 Å².